The van der Waals surface area contributed by atoms with E-state index >= 15 is 0 Å². The van der Waals surface area contributed by atoms with E-state index in [2.05, 4.69) is 39.1 Å². The molecule has 3 heterocycles. The Morgan fingerprint density at radius 1 is 1.05 bits per heavy atom. The molecule has 0 aliphatic carbocycles. The molecule has 2 aromatic rings. The number of hydrogen-bond acceptors (Lipinski definition) is 3. The largest absolute Gasteiger partial charge is 0.283 e. The Balaban J connectivity index is 1.68. The van der Waals surface area contributed by atoms with Crippen molar-refractivity contribution >= 4 is 0 Å². The lowest BCUT2D eigenvalue weighted by molar-refractivity contribution is 0.210. The van der Waals surface area contributed by atoms with Gasteiger partial charge in [-0.1, -0.05) is 24.3 Å². The summed E-state index contributed by atoms with van der Waals surface area (Å²) >= 11 is 0. The van der Waals surface area contributed by atoms with Gasteiger partial charge in [0.05, 0.1) is 11.4 Å². The van der Waals surface area contributed by atoms with Crippen LogP contribution in [0.5, 0.6) is 0 Å². The summed E-state index contributed by atoms with van der Waals surface area (Å²) < 4.78 is 0. The molecule has 1 aromatic heterocycles. The summed E-state index contributed by atoms with van der Waals surface area (Å²) in [6.45, 7) is 2.97. The van der Waals surface area contributed by atoms with E-state index in [1.54, 1.807) is 12.4 Å². The van der Waals surface area contributed by atoms with E-state index in [1.165, 1.54) is 24.0 Å². The van der Waals surface area contributed by atoms with Crippen LogP contribution in [0.15, 0.2) is 36.7 Å². The molecule has 1 aromatic carbocycles. The fourth-order valence-corrected chi connectivity index (χ4v) is 3.64. The van der Waals surface area contributed by atoms with Crippen LogP contribution in [0.3, 0.4) is 0 Å². The second-order valence-corrected chi connectivity index (χ2v) is 5.50. The van der Waals surface area contributed by atoms with Crippen molar-refractivity contribution in [2.75, 3.05) is 0 Å². The van der Waals surface area contributed by atoms with E-state index in [0.717, 1.165) is 17.9 Å². The molecule has 19 heavy (non-hydrogen) atoms. The number of fused-ring (bicyclic) bond motifs is 5. The Morgan fingerprint density at radius 2 is 1.68 bits per heavy atom. The molecule has 4 rings (SSSR count). The minimum atomic E-state index is 0.586. The van der Waals surface area contributed by atoms with Gasteiger partial charge in [0.2, 0.25) is 0 Å². The highest BCUT2D eigenvalue weighted by Crippen LogP contribution is 2.53. The molecule has 2 unspecified atom stereocenters. The van der Waals surface area contributed by atoms with Gasteiger partial charge in [-0.15, -0.1) is 0 Å². The van der Waals surface area contributed by atoms with E-state index in [0.29, 0.717) is 12.1 Å². The molecule has 2 aliphatic rings. The number of aryl methyl sites for hydroxylation is 1. The van der Waals surface area contributed by atoms with Crippen molar-refractivity contribution in [3.8, 4) is 0 Å². The van der Waals surface area contributed by atoms with Crippen LogP contribution in [0.25, 0.3) is 0 Å². The average molecular weight is 251 g/mol. The molecule has 3 nitrogen and oxygen atoms in total. The standard InChI is InChI=1S/C16H17N3/c1-11-14(18-9-8-17-11)10-19-15-6-7-16(19)13-5-3-2-4-12(13)15/h2-5,8-9,15-16H,6-7,10H2,1H3. The second-order valence-electron chi connectivity index (χ2n) is 5.50. The zero-order valence-corrected chi connectivity index (χ0v) is 11.1. The molecule has 2 aliphatic heterocycles. The van der Waals surface area contributed by atoms with Gasteiger partial charge in [-0.3, -0.25) is 14.9 Å². The topological polar surface area (TPSA) is 29.0 Å². The number of benzene rings is 1. The Labute approximate surface area is 113 Å². The van der Waals surface area contributed by atoms with Crippen molar-refractivity contribution < 1.29 is 0 Å². The van der Waals surface area contributed by atoms with Gasteiger partial charge < -0.3 is 0 Å². The highest BCUT2D eigenvalue weighted by atomic mass is 15.2. The molecule has 0 N–H and O–H groups in total. The summed E-state index contributed by atoms with van der Waals surface area (Å²) in [5.41, 5.74) is 5.23. The molecule has 96 valence electrons. The first-order valence-corrected chi connectivity index (χ1v) is 6.95. The van der Waals surface area contributed by atoms with Crippen molar-refractivity contribution in [2.24, 2.45) is 0 Å². The molecule has 3 heteroatoms. The van der Waals surface area contributed by atoms with Crippen LogP contribution in [0.1, 0.15) is 47.4 Å². The van der Waals surface area contributed by atoms with Crippen LogP contribution in [0, 0.1) is 6.92 Å². The van der Waals surface area contributed by atoms with E-state index in [9.17, 15) is 0 Å². The molecule has 0 spiro atoms. The Morgan fingerprint density at radius 3 is 2.32 bits per heavy atom. The van der Waals surface area contributed by atoms with Gasteiger partial charge in [-0.2, -0.15) is 0 Å². The second kappa shape index (κ2) is 4.14. The van der Waals surface area contributed by atoms with E-state index in [4.69, 9.17) is 0 Å². The number of rotatable bonds is 2. The summed E-state index contributed by atoms with van der Waals surface area (Å²) in [4.78, 5) is 11.4. The zero-order valence-electron chi connectivity index (χ0n) is 11.1. The van der Waals surface area contributed by atoms with E-state index < -0.39 is 0 Å². The SMILES string of the molecule is Cc1nccnc1CN1C2CCC1c1ccccc12. The summed E-state index contributed by atoms with van der Waals surface area (Å²) in [6.07, 6.45) is 6.13. The molecular weight excluding hydrogens is 234 g/mol. The maximum atomic E-state index is 4.50. The molecule has 0 amide bonds. The molecular formula is C16H17N3. The third kappa shape index (κ3) is 1.61. The average Bonchev–Trinajstić information content (AvgIpc) is 2.98. The van der Waals surface area contributed by atoms with Crippen molar-refractivity contribution in [1.82, 2.24) is 14.9 Å². The minimum absolute atomic E-state index is 0.586. The van der Waals surface area contributed by atoms with Crippen LogP contribution in [0.2, 0.25) is 0 Å². The van der Waals surface area contributed by atoms with Gasteiger partial charge in [0.15, 0.2) is 0 Å². The van der Waals surface area contributed by atoms with Gasteiger partial charge in [-0.25, -0.2) is 0 Å². The summed E-state index contributed by atoms with van der Waals surface area (Å²) in [5, 5.41) is 0. The fraction of sp³-hybridized carbons (Fsp3) is 0.375. The van der Waals surface area contributed by atoms with Crippen LogP contribution in [-0.4, -0.2) is 14.9 Å². The Hall–Kier alpha value is -1.74. The first-order valence-electron chi connectivity index (χ1n) is 6.95. The highest BCUT2D eigenvalue weighted by molar-refractivity contribution is 5.40. The Kier molecular flexibility index (Phi) is 2.42. The first kappa shape index (κ1) is 11.1. The van der Waals surface area contributed by atoms with Gasteiger partial charge in [0, 0.05) is 31.0 Å². The van der Waals surface area contributed by atoms with Crippen LogP contribution in [-0.2, 0) is 6.54 Å². The molecule has 1 fully saturated rings. The van der Waals surface area contributed by atoms with Crippen LogP contribution >= 0.6 is 0 Å². The van der Waals surface area contributed by atoms with Crippen molar-refractivity contribution in [1.29, 1.82) is 0 Å². The lowest BCUT2D eigenvalue weighted by atomic mass is 9.92. The molecule has 1 saturated heterocycles. The van der Waals surface area contributed by atoms with E-state index in [1.807, 2.05) is 6.92 Å². The number of aromatic nitrogens is 2. The van der Waals surface area contributed by atoms with Gasteiger partial charge >= 0.3 is 0 Å². The van der Waals surface area contributed by atoms with E-state index in [-0.39, 0.29) is 0 Å². The van der Waals surface area contributed by atoms with Gasteiger partial charge in [0.1, 0.15) is 0 Å². The molecule has 0 radical (unpaired) electrons. The third-order valence-corrected chi connectivity index (χ3v) is 4.54. The number of hydrogen-bond donors (Lipinski definition) is 0. The summed E-state index contributed by atoms with van der Waals surface area (Å²) in [5.74, 6) is 0. The maximum Gasteiger partial charge on any atom is 0.0756 e. The molecule has 2 bridgehead atoms. The third-order valence-electron chi connectivity index (χ3n) is 4.54. The normalized spacial score (nSPS) is 24.7. The quantitative estimate of drug-likeness (QED) is 0.821. The molecule has 0 saturated carbocycles. The predicted molar refractivity (Wildman–Crippen MR) is 73.5 cm³/mol. The summed E-state index contributed by atoms with van der Waals surface area (Å²) in [7, 11) is 0. The minimum Gasteiger partial charge on any atom is -0.283 e. The maximum absolute atomic E-state index is 4.50. The molecule has 2 atom stereocenters. The highest BCUT2D eigenvalue weighted by Gasteiger charge is 2.43. The van der Waals surface area contributed by atoms with Crippen molar-refractivity contribution in [2.45, 2.75) is 38.4 Å². The van der Waals surface area contributed by atoms with Gasteiger partial charge in [0.25, 0.3) is 0 Å². The smallest absolute Gasteiger partial charge is 0.0756 e. The zero-order chi connectivity index (χ0) is 12.8. The summed E-state index contributed by atoms with van der Waals surface area (Å²) in [6, 6.07) is 10.1. The predicted octanol–water partition coefficient (Wildman–Crippen LogP) is 3.18. The van der Waals surface area contributed by atoms with Crippen LogP contribution in [0.4, 0.5) is 0 Å². The lowest BCUT2D eigenvalue weighted by Crippen LogP contribution is -2.20. The van der Waals surface area contributed by atoms with Crippen molar-refractivity contribution in [3.63, 3.8) is 0 Å². The van der Waals surface area contributed by atoms with Crippen LogP contribution < -0.4 is 0 Å². The fourth-order valence-electron chi connectivity index (χ4n) is 3.64. The number of nitrogens with zero attached hydrogens (tertiary/aromatic N) is 3. The lowest BCUT2D eigenvalue weighted by Gasteiger charge is -2.22. The van der Waals surface area contributed by atoms with Crippen molar-refractivity contribution in [3.05, 3.63) is 59.2 Å². The monoisotopic (exact) mass is 251 g/mol. The first-order chi connectivity index (χ1) is 9.34. The van der Waals surface area contributed by atoms with Gasteiger partial charge in [-0.05, 0) is 30.9 Å². The Bertz CT molecular complexity index is 592.